The number of amides is 1. The number of methoxy groups -OCH3 is 1. The topological polar surface area (TPSA) is 77.2 Å². The van der Waals surface area contributed by atoms with E-state index in [4.69, 9.17) is 9.15 Å². The molecule has 0 bridgehead atoms. The smallest absolute Gasteiger partial charge is 0.220 e. The highest BCUT2D eigenvalue weighted by Gasteiger charge is 2.09. The summed E-state index contributed by atoms with van der Waals surface area (Å²) in [5, 5.41) is 11.0. The molecule has 0 unspecified atom stereocenters. The number of hydrogen-bond acceptors (Lipinski definition) is 5. The van der Waals surface area contributed by atoms with Crippen molar-refractivity contribution >= 4 is 5.91 Å². The maximum absolute atomic E-state index is 12.0. The van der Waals surface area contributed by atoms with Gasteiger partial charge in [0.2, 0.25) is 17.7 Å². The average Bonchev–Trinajstić information content (AvgIpc) is 3.20. The SMILES string of the molecule is COc1ccc(CCc2nnc(CCC(=O)NCCc3ccccc3)o2)cc1. The Bertz CT molecular complexity index is 860. The van der Waals surface area contributed by atoms with Gasteiger partial charge in [-0.1, -0.05) is 42.5 Å². The van der Waals surface area contributed by atoms with Gasteiger partial charge < -0.3 is 14.5 Å². The van der Waals surface area contributed by atoms with E-state index in [1.54, 1.807) is 7.11 Å². The molecule has 0 spiro atoms. The van der Waals surface area contributed by atoms with Crippen LogP contribution in [0.15, 0.2) is 59.0 Å². The van der Waals surface area contributed by atoms with Gasteiger partial charge in [0.05, 0.1) is 7.11 Å². The van der Waals surface area contributed by atoms with Gasteiger partial charge in [-0.2, -0.15) is 0 Å². The van der Waals surface area contributed by atoms with Gasteiger partial charge in [0.25, 0.3) is 0 Å². The minimum atomic E-state index is -0.00564. The van der Waals surface area contributed by atoms with Crippen molar-refractivity contribution in [2.75, 3.05) is 13.7 Å². The van der Waals surface area contributed by atoms with Crippen LogP contribution in [0.5, 0.6) is 5.75 Å². The number of nitrogens with one attached hydrogen (secondary N) is 1. The molecule has 3 rings (SSSR count). The summed E-state index contributed by atoms with van der Waals surface area (Å²) in [4.78, 5) is 12.0. The van der Waals surface area contributed by atoms with Crippen LogP contribution in [0.25, 0.3) is 0 Å². The van der Waals surface area contributed by atoms with Crippen molar-refractivity contribution in [1.82, 2.24) is 15.5 Å². The molecule has 1 aromatic heterocycles. The first-order chi connectivity index (χ1) is 13.7. The number of carbonyl (C=O) groups excluding carboxylic acids is 1. The zero-order valence-electron chi connectivity index (χ0n) is 16.1. The van der Waals surface area contributed by atoms with Crippen LogP contribution in [0.4, 0.5) is 0 Å². The van der Waals surface area contributed by atoms with Crippen LogP contribution >= 0.6 is 0 Å². The molecule has 6 heteroatoms. The van der Waals surface area contributed by atoms with Crippen molar-refractivity contribution in [3.63, 3.8) is 0 Å². The monoisotopic (exact) mass is 379 g/mol. The molecular weight excluding hydrogens is 354 g/mol. The average molecular weight is 379 g/mol. The maximum atomic E-state index is 12.0. The molecule has 0 fully saturated rings. The number of aryl methyl sites for hydroxylation is 3. The Morgan fingerprint density at radius 1 is 0.893 bits per heavy atom. The Balaban J connectivity index is 1.36. The molecular formula is C22H25N3O3. The lowest BCUT2D eigenvalue weighted by Gasteiger charge is -2.04. The van der Waals surface area contributed by atoms with E-state index >= 15 is 0 Å². The van der Waals surface area contributed by atoms with E-state index < -0.39 is 0 Å². The summed E-state index contributed by atoms with van der Waals surface area (Å²) >= 11 is 0. The van der Waals surface area contributed by atoms with Gasteiger partial charge in [-0.05, 0) is 36.1 Å². The lowest BCUT2D eigenvalue weighted by molar-refractivity contribution is -0.121. The van der Waals surface area contributed by atoms with Crippen LogP contribution in [0.2, 0.25) is 0 Å². The summed E-state index contributed by atoms with van der Waals surface area (Å²) in [6.45, 7) is 0.625. The molecule has 1 amide bonds. The Labute approximate surface area is 164 Å². The Morgan fingerprint density at radius 2 is 1.57 bits per heavy atom. The number of ether oxygens (including phenoxy) is 1. The van der Waals surface area contributed by atoms with E-state index in [1.165, 1.54) is 11.1 Å². The lowest BCUT2D eigenvalue weighted by Crippen LogP contribution is -2.25. The van der Waals surface area contributed by atoms with Gasteiger partial charge >= 0.3 is 0 Å². The summed E-state index contributed by atoms with van der Waals surface area (Å²) in [6, 6.07) is 18.0. The van der Waals surface area contributed by atoms with Crippen molar-refractivity contribution in [2.45, 2.75) is 32.1 Å². The van der Waals surface area contributed by atoms with Crippen molar-refractivity contribution in [3.05, 3.63) is 77.5 Å². The standard InChI is InChI=1S/C22H25N3O3/c1-27-19-10-7-18(8-11-19)9-13-21-24-25-22(28-21)14-12-20(26)23-16-15-17-5-3-2-4-6-17/h2-8,10-11H,9,12-16H2,1H3,(H,23,26). The molecule has 2 aromatic carbocycles. The fourth-order valence-corrected chi connectivity index (χ4v) is 2.83. The molecule has 1 heterocycles. The Kier molecular flexibility index (Phi) is 7.18. The van der Waals surface area contributed by atoms with Gasteiger partial charge in [-0.15, -0.1) is 10.2 Å². The second kappa shape index (κ2) is 10.3. The number of nitrogens with zero attached hydrogens (tertiary/aromatic N) is 2. The van der Waals surface area contributed by atoms with E-state index in [-0.39, 0.29) is 5.91 Å². The van der Waals surface area contributed by atoms with Crippen LogP contribution in [-0.4, -0.2) is 29.8 Å². The minimum absolute atomic E-state index is 0.00564. The van der Waals surface area contributed by atoms with Crippen LogP contribution in [0.3, 0.4) is 0 Å². The summed E-state index contributed by atoms with van der Waals surface area (Å²) in [6.07, 6.45) is 3.10. The predicted octanol–water partition coefficient (Wildman–Crippen LogP) is 3.15. The Hall–Kier alpha value is -3.15. The molecule has 146 valence electrons. The summed E-state index contributed by atoms with van der Waals surface area (Å²) in [7, 11) is 1.65. The molecule has 1 N–H and O–H groups in total. The number of carbonyl (C=O) groups is 1. The van der Waals surface area contributed by atoms with Crippen LogP contribution in [-0.2, 0) is 30.5 Å². The third kappa shape index (κ3) is 6.23. The molecule has 0 aliphatic carbocycles. The quantitative estimate of drug-likeness (QED) is 0.585. The van der Waals surface area contributed by atoms with E-state index in [9.17, 15) is 4.79 Å². The van der Waals surface area contributed by atoms with Crippen molar-refractivity contribution in [2.24, 2.45) is 0 Å². The molecule has 0 radical (unpaired) electrons. The normalized spacial score (nSPS) is 10.6. The van der Waals surface area contributed by atoms with Gasteiger partial charge in [0, 0.05) is 25.8 Å². The van der Waals surface area contributed by atoms with E-state index in [0.717, 1.165) is 18.6 Å². The lowest BCUT2D eigenvalue weighted by atomic mass is 10.1. The number of aromatic nitrogens is 2. The molecule has 0 saturated carbocycles. The van der Waals surface area contributed by atoms with E-state index in [2.05, 4.69) is 27.6 Å². The highest BCUT2D eigenvalue weighted by atomic mass is 16.5. The molecule has 0 atom stereocenters. The fraction of sp³-hybridized carbons (Fsp3) is 0.318. The second-order valence-corrected chi connectivity index (χ2v) is 6.52. The molecule has 6 nitrogen and oxygen atoms in total. The summed E-state index contributed by atoms with van der Waals surface area (Å²) < 4.78 is 10.8. The molecule has 0 saturated heterocycles. The van der Waals surface area contributed by atoms with Crippen LogP contribution in [0, 0.1) is 0 Å². The third-order valence-electron chi connectivity index (χ3n) is 4.44. The third-order valence-corrected chi connectivity index (χ3v) is 4.44. The van der Waals surface area contributed by atoms with E-state index in [1.807, 2.05) is 42.5 Å². The van der Waals surface area contributed by atoms with Crippen molar-refractivity contribution in [1.29, 1.82) is 0 Å². The van der Waals surface area contributed by atoms with Gasteiger partial charge in [0.1, 0.15) is 5.75 Å². The maximum Gasteiger partial charge on any atom is 0.220 e. The molecule has 28 heavy (non-hydrogen) atoms. The van der Waals surface area contributed by atoms with Gasteiger partial charge in [0.15, 0.2) is 0 Å². The number of rotatable bonds is 10. The zero-order chi connectivity index (χ0) is 19.6. The first-order valence-electron chi connectivity index (χ1n) is 9.48. The minimum Gasteiger partial charge on any atom is -0.497 e. The first kappa shape index (κ1) is 19.6. The molecule has 0 aliphatic rings. The number of benzene rings is 2. The highest BCUT2D eigenvalue weighted by Crippen LogP contribution is 2.13. The highest BCUT2D eigenvalue weighted by molar-refractivity contribution is 5.75. The Morgan fingerprint density at radius 3 is 2.29 bits per heavy atom. The first-order valence-corrected chi connectivity index (χ1v) is 9.48. The number of hydrogen-bond donors (Lipinski definition) is 1. The van der Waals surface area contributed by atoms with E-state index in [0.29, 0.717) is 37.6 Å². The van der Waals surface area contributed by atoms with Gasteiger partial charge in [-0.25, -0.2) is 0 Å². The molecule has 0 aliphatic heterocycles. The second-order valence-electron chi connectivity index (χ2n) is 6.52. The fourth-order valence-electron chi connectivity index (χ4n) is 2.83. The summed E-state index contributed by atoms with van der Waals surface area (Å²) in [5.74, 6) is 1.93. The van der Waals surface area contributed by atoms with Crippen LogP contribution in [0.1, 0.15) is 29.3 Å². The van der Waals surface area contributed by atoms with Gasteiger partial charge in [-0.3, -0.25) is 4.79 Å². The summed E-state index contributed by atoms with van der Waals surface area (Å²) in [5.41, 5.74) is 2.39. The van der Waals surface area contributed by atoms with Crippen LogP contribution < -0.4 is 10.1 Å². The predicted molar refractivity (Wildman–Crippen MR) is 106 cm³/mol. The molecule has 3 aromatic rings. The van der Waals surface area contributed by atoms with Crippen molar-refractivity contribution < 1.29 is 13.9 Å². The van der Waals surface area contributed by atoms with Crippen molar-refractivity contribution in [3.8, 4) is 5.75 Å². The zero-order valence-corrected chi connectivity index (χ0v) is 16.1. The largest absolute Gasteiger partial charge is 0.497 e.